The zero-order valence-electron chi connectivity index (χ0n) is 10.5. The highest BCUT2D eigenvalue weighted by Crippen LogP contribution is 2.19. The molecule has 2 fully saturated rings. The minimum atomic E-state index is -0.270. The van der Waals surface area contributed by atoms with Crippen molar-refractivity contribution in [2.24, 2.45) is 0 Å². The van der Waals surface area contributed by atoms with Gasteiger partial charge in [0, 0.05) is 33.7 Å². The van der Waals surface area contributed by atoms with Crippen molar-refractivity contribution in [1.82, 2.24) is 9.80 Å². The maximum Gasteiger partial charge on any atom is 0.245 e. The van der Waals surface area contributed by atoms with Crippen LogP contribution in [0.15, 0.2) is 0 Å². The third-order valence-electron chi connectivity index (χ3n) is 3.66. The summed E-state index contributed by atoms with van der Waals surface area (Å²) in [4.78, 5) is 26.8. The van der Waals surface area contributed by atoms with Crippen molar-refractivity contribution in [2.45, 2.75) is 37.8 Å². The van der Waals surface area contributed by atoms with E-state index in [1.165, 1.54) is 0 Å². The van der Waals surface area contributed by atoms with Crippen LogP contribution in [0.2, 0.25) is 0 Å². The maximum atomic E-state index is 12.2. The highest BCUT2D eigenvalue weighted by molar-refractivity contribution is 5.90. The number of carbonyl (C=O) groups is 2. The molecule has 0 aromatic carbocycles. The first kappa shape index (κ1) is 12.4. The molecule has 2 saturated heterocycles. The molecule has 0 spiro atoms. The van der Waals surface area contributed by atoms with E-state index in [0.717, 1.165) is 19.4 Å². The van der Waals surface area contributed by atoms with E-state index in [9.17, 15) is 9.59 Å². The highest BCUT2D eigenvalue weighted by atomic mass is 16.5. The van der Waals surface area contributed by atoms with Crippen molar-refractivity contribution >= 4 is 11.8 Å². The van der Waals surface area contributed by atoms with Gasteiger partial charge in [0.25, 0.3) is 0 Å². The number of amides is 2. The van der Waals surface area contributed by atoms with Gasteiger partial charge < -0.3 is 14.5 Å². The molecule has 5 heteroatoms. The minimum Gasteiger partial charge on any atom is -0.376 e. The van der Waals surface area contributed by atoms with Gasteiger partial charge in [-0.25, -0.2) is 0 Å². The summed E-state index contributed by atoms with van der Waals surface area (Å²) in [6.45, 7) is 1.44. The lowest BCUT2D eigenvalue weighted by Crippen LogP contribution is -2.45. The van der Waals surface area contributed by atoms with Gasteiger partial charge in [-0.1, -0.05) is 0 Å². The SMILES string of the molecule is CN(C[C@H]1CCCO1)C(=O)[C@@H]1CCC(=O)N1C. The second kappa shape index (κ2) is 5.04. The first-order valence-corrected chi connectivity index (χ1v) is 6.22. The molecular formula is C12H20N2O3. The van der Waals surface area contributed by atoms with Crippen LogP contribution in [0.4, 0.5) is 0 Å². The normalized spacial score (nSPS) is 28.8. The number of hydrogen-bond donors (Lipinski definition) is 0. The average molecular weight is 240 g/mol. The van der Waals surface area contributed by atoms with Crippen LogP contribution in [-0.4, -0.2) is 61.0 Å². The van der Waals surface area contributed by atoms with Gasteiger partial charge in [-0.3, -0.25) is 9.59 Å². The molecular weight excluding hydrogens is 220 g/mol. The van der Waals surface area contributed by atoms with Crippen LogP contribution in [-0.2, 0) is 14.3 Å². The largest absolute Gasteiger partial charge is 0.376 e. The van der Waals surface area contributed by atoms with E-state index in [1.807, 2.05) is 0 Å². The summed E-state index contributed by atoms with van der Waals surface area (Å²) in [7, 11) is 3.50. The Balaban J connectivity index is 1.88. The Hall–Kier alpha value is -1.10. The first-order valence-electron chi connectivity index (χ1n) is 6.22. The number of rotatable bonds is 3. The van der Waals surface area contributed by atoms with Crippen molar-refractivity contribution in [1.29, 1.82) is 0 Å². The Labute approximate surface area is 102 Å². The van der Waals surface area contributed by atoms with Crippen LogP contribution >= 0.6 is 0 Å². The Bertz CT molecular complexity index is 313. The van der Waals surface area contributed by atoms with E-state index in [1.54, 1.807) is 23.9 Å². The Morgan fingerprint density at radius 1 is 1.53 bits per heavy atom. The third-order valence-corrected chi connectivity index (χ3v) is 3.66. The van der Waals surface area contributed by atoms with Crippen LogP contribution in [0.3, 0.4) is 0 Å². The predicted octanol–water partition coefficient (Wildman–Crippen LogP) is 0.245. The van der Waals surface area contributed by atoms with Gasteiger partial charge in [0.2, 0.25) is 11.8 Å². The Kier molecular flexibility index (Phi) is 3.66. The molecule has 96 valence electrons. The molecule has 0 bridgehead atoms. The molecule has 0 aliphatic carbocycles. The number of hydrogen-bond acceptors (Lipinski definition) is 3. The number of ether oxygens (including phenoxy) is 1. The van der Waals surface area contributed by atoms with Crippen molar-refractivity contribution in [2.75, 3.05) is 27.2 Å². The van der Waals surface area contributed by atoms with E-state index in [2.05, 4.69) is 0 Å². The molecule has 2 aliphatic rings. The molecule has 0 aromatic rings. The van der Waals surface area contributed by atoms with Crippen LogP contribution in [0.5, 0.6) is 0 Å². The minimum absolute atomic E-state index is 0.0360. The molecule has 2 heterocycles. The fraction of sp³-hybridized carbons (Fsp3) is 0.833. The van der Waals surface area contributed by atoms with Gasteiger partial charge in [0.05, 0.1) is 6.10 Å². The lowest BCUT2D eigenvalue weighted by molar-refractivity contribution is -0.140. The molecule has 2 amide bonds. The molecule has 0 saturated carbocycles. The third kappa shape index (κ3) is 2.60. The topological polar surface area (TPSA) is 49.9 Å². The van der Waals surface area contributed by atoms with Gasteiger partial charge in [0.1, 0.15) is 6.04 Å². The number of likely N-dealkylation sites (tertiary alicyclic amines) is 1. The second-order valence-corrected chi connectivity index (χ2v) is 4.91. The van der Waals surface area contributed by atoms with Crippen molar-refractivity contribution < 1.29 is 14.3 Å². The molecule has 2 atom stereocenters. The summed E-state index contributed by atoms with van der Waals surface area (Å²) in [6.07, 6.45) is 3.40. The summed E-state index contributed by atoms with van der Waals surface area (Å²) >= 11 is 0. The van der Waals surface area contributed by atoms with Gasteiger partial charge in [-0.15, -0.1) is 0 Å². The van der Waals surface area contributed by atoms with E-state index in [-0.39, 0.29) is 24.0 Å². The standard InChI is InChI=1S/C12H20N2O3/c1-13(8-9-4-3-7-17-9)12(16)10-5-6-11(15)14(10)2/h9-10H,3-8H2,1-2H3/t9-,10+/m1/s1. The first-order chi connectivity index (χ1) is 8.09. The Morgan fingerprint density at radius 2 is 2.29 bits per heavy atom. The van der Waals surface area contributed by atoms with Crippen molar-refractivity contribution in [3.8, 4) is 0 Å². The van der Waals surface area contributed by atoms with Crippen LogP contribution < -0.4 is 0 Å². The summed E-state index contributed by atoms with van der Waals surface area (Å²) in [5.41, 5.74) is 0. The number of carbonyl (C=O) groups excluding carboxylic acids is 2. The number of nitrogens with zero attached hydrogens (tertiary/aromatic N) is 2. The van der Waals surface area contributed by atoms with Crippen LogP contribution in [0, 0.1) is 0 Å². The predicted molar refractivity (Wildman–Crippen MR) is 62.4 cm³/mol. The smallest absolute Gasteiger partial charge is 0.245 e. The zero-order chi connectivity index (χ0) is 12.4. The summed E-state index contributed by atoms with van der Waals surface area (Å²) in [6, 6.07) is -0.270. The summed E-state index contributed by atoms with van der Waals surface area (Å²) in [5.74, 6) is 0.0997. The lowest BCUT2D eigenvalue weighted by atomic mass is 10.1. The molecule has 17 heavy (non-hydrogen) atoms. The van der Waals surface area contributed by atoms with Gasteiger partial charge in [0.15, 0.2) is 0 Å². The zero-order valence-corrected chi connectivity index (χ0v) is 10.5. The molecule has 0 N–H and O–H groups in total. The quantitative estimate of drug-likeness (QED) is 0.710. The maximum absolute atomic E-state index is 12.2. The van der Waals surface area contributed by atoms with Crippen LogP contribution in [0.25, 0.3) is 0 Å². The molecule has 5 nitrogen and oxygen atoms in total. The molecule has 2 aliphatic heterocycles. The second-order valence-electron chi connectivity index (χ2n) is 4.91. The van der Waals surface area contributed by atoms with E-state index >= 15 is 0 Å². The lowest BCUT2D eigenvalue weighted by Gasteiger charge is -2.27. The summed E-state index contributed by atoms with van der Waals surface area (Å²) < 4.78 is 5.51. The van der Waals surface area contributed by atoms with E-state index in [0.29, 0.717) is 19.4 Å². The van der Waals surface area contributed by atoms with E-state index in [4.69, 9.17) is 4.74 Å². The molecule has 2 rings (SSSR count). The Morgan fingerprint density at radius 3 is 2.82 bits per heavy atom. The summed E-state index contributed by atoms with van der Waals surface area (Å²) in [5, 5.41) is 0. The monoisotopic (exact) mass is 240 g/mol. The molecule has 0 aromatic heterocycles. The van der Waals surface area contributed by atoms with Gasteiger partial charge in [-0.2, -0.15) is 0 Å². The van der Waals surface area contributed by atoms with Crippen LogP contribution in [0.1, 0.15) is 25.7 Å². The fourth-order valence-corrected chi connectivity index (χ4v) is 2.53. The van der Waals surface area contributed by atoms with E-state index < -0.39 is 0 Å². The van der Waals surface area contributed by atoms with Crippen molar-refractivity contribution in [3.05, 3.63) is 0 Å². The van der Waals surface area contributed by atoms with Gasteiger partial charge >= 0.3 is 0 Å². The van der Waals surface area contributed by atoms with Crippen molar-refractivity contribution in [3.63, 3.8) is 0 Å². The average Bonchev–Trinajstić information content (AvgIpc) is 2.90. The fourth-order valence-electron chi connectivity index (χ4n) is 2.53. The highest BCUT2D eigenvalue weighted by Gasteiger charge is 2.35. The number of likely N-dealkylation sites (N-methyl/N-ethyl adjacent to an activating group) is 2. The molecule has 0 radical (unpaired) electrons. The molecule has 0 unspecified atom stereocenters. The van der Waals surface area contributed by atoms with Gasteiger partial charge in [-0.05, 0) is 19.3 Å².